The molecule has 6 heteroatoms. The third-order valence-electron chi connectivity index (χ3n) is 3.02. The van der Waals surface area contributed by atoms with E-state index in [1.165, 1.54) is 6.08 Å². The van der Waals surface area contributed by atoms with E-state index in [9.17, 15) is 13.6 Å². The van der Waals surface area contributed by atoms with Gasteiger partial charge in [-0.05, 0) is 46.6 Å². The SMILES string of the molecule is CC1(NC(=O)CCCCNSC(C)(C)C)C=C(F)C=C(F)C1. The molecular weight excluding hydrogens is 306 g/mol. The molecule has 1 unspecified atom stereocenters. The highest BCUT2D eigenvalue weighted by molar-refractivity contribution is 7.98. The molecule has 0 heterocycles. The average Bonchev–Trinajstić information content (AvgIpc) is 2.29. The van der Waals surface area contributed by atoms with Crippen LogP contribution >= 0.6 is 11.9 Å². The molecule has 0 bridgehead atoms. The lowest BCUT2D eigenvalue weighted by molar-refractivity contribution is -0.122. The minimum absolute atomic E-state index is 0.00403. The molecule has 0 saturated carbocycles. The summed E-state index contributed by atoms with van der Waals surface area (Å²) in [5, 5.41) is 2.71. The molecule has 0 fully saturated rings. The van der Waals surface area contributed by atoms with Gasteiger partial charge < -0.3 is 5.32 Å². The number of hydrogen-bond acceptors (Lipinski definition) is 3. The summed E-state index contributed by atoms with van der Waals surface area (Å²) in [4.78, 5) is 11.9. The molecule has 1 amide bonds. The maximum atomic E-state index is 13.3. The normalized spacial score (nSPS) is 22.1. The zero-order valence-electron chi connectivity index (χ0n) is 13.8. The van der Waals surface area contributed by atoms with Crippen molar-refractivity contribution in [3.8, 4) is 0 Å². The number of allylic oxidation sites excluding steroid dienone is 2. The minimum Gasteiger partial charge on any atom is -0.347 e. The van der Waals surface area contributed by atoms with E-state index in [0.717, 1.165) is 25.5 Å². The van der Waals surface area contributed by atoms with Gasteiger partial charge in [-0.1, -0.05) is 11.9 Å². The summed E-state index contributed by atoms with van der Waals surface area (Å²) >= 11 is 1.67. The summed E-state index contributed by atoms with van der Waals surface area (Å²) in [5.41, 5.74) is -0.972. The molecule has 3 nitrogen and oxygen atoms in total. The molecule has 0 spiro atoms. The molecule has 0 aromatic carbocycles. The summed E-state index contributed by atoms with van der Waals surface area (Å²) in [6, 6.07) is 0. The highest BCUT2D eigenvalue weighted by Crippen LogP contribution is 2.27. The van der Waals surface area contributed by atoms with Gasteiger partial charge in [0.15, 0.2) is 0 Å². The number of halogens is 2. The monoisotopic (exact) mass is 332 g/mol. The lowest BCUT2D eigenvalue weighted by Gasteiger charge is -2.29. The molecular formula is C16H26F2N2OS. The summed E-state index contributed by atoms with van der Waals surface area (Å²) in [6.07, 6.45) is 4.09. The van der Waals surface area contributed by atoms with Gasteiger partial charge in [-0.3, -0.25) is 9.52 Å². The van der Waals surface area contributed by atoms with Gasteiger partial charge in [-0.25, -0.2) is 8.78 Å². The molecule has 0 aromatic heterocycles. The predicted molar refractivity (Wildman–Crippen MR) is 88.7 cm³/mol. The number of nitrogens with one attached hydrogen (secondary N) is 2. The number of unbranched alkanes of at least 4 members (excludes halogenated alkanes) is 1. The molecule has 1 rings (SSSR count). The van der Waals surface area contributed by atoms with E-state index in [4.69, 9.17) is 0 Å². The molecule has 1 aliphatic rings. The first kappa shape index (κ1) is 19.2. The van der Waals surface area contributed by atoms with Crippen LogP contribution in [0, 0.1) is 0 Å². The first-order valence-corrected chi connectivity index (χ1v) is 8.38. The standard InChI is InChI=1S/C16H26F2N2OS/c1-15(2,3)22-19-8-6-5-7-14(21)20-16(4)10-12(17)9-13(18)11-16/h9-10,19H,5-8,11H2,1-4H3,(H,20,21). The maximum Gasteiger partial charge on any atom is 0.220 e. The van der Waals surface area contributed by atoms with Crippen LogP contribution < -0.4 is 10.0 Å². The Kier molecular flexibility index (Phi) is 7.06. The number of amides is 1. The molecule has 0 saturated heterocycles. The van der Waals surface area contributed by atoms with Gasteiger partial charge in [-0.2, -0.15) is 0 Å². The molecule has 1 aliphatic carbocycles. The van der Waals surface area contributed by atoms with Gasteiger partial charge in [0.05, 0.1) is 5.54 Å². The van der Waals surface area contributed by atoms with E-state index in [-0.39, 0.29) is 17.1 Å². The number of rotatable bonds is 7. The fourth-order valence-electron chi connectivity index (χ4n) is 2.16. The largest absolute Gasteiger partial charge is 0.347 e. The number of carbonyl (C=O) groups excluding carboxylic acids is 1. The molecule has 1 atom stereocenters. The van der Waals surface area contributed by atoms with Gasteiger partial charge in [0, 0.05) is 30.2 Å². The van der Waals surface area contributed by atoms with Gasteiger partial charge in [0.2, 0.25) is 5.91 Å². The van der Waals surface area contributed by atoms with Crippen LogP contribution in [0.3, 0.4) is 0 Å². The second-order valence-electron chi connectivity index (χ2n) is 6.83. The third-order valence-corrected chi connectivity index (χ3v) is 3.98. The Morgan fingerprint density at radius 3 is 2.64 bits per heavy atom. The second kappa shape index (κ2) is 8.11. The van der Waals surface area contributed by atoms with E-state index >= 15 is 0 Å². The van der Waals surface area contributed by atoms with Crippen molar-refractivity contribution in [1.29, 1.82) is 0 Å². The van der Waals surface area contributed by atoms with Crippen molar-refractivity contribution in [2.45, 2.75) is 63.7 Å². The Balaban J connectivity index is 2.23. The fourth-order valence-corrected chi connectivity index (χ4v) is 2.84. The topological polar surface area (TPSA) is 41.1 Å². The van der Waals surface area contributed by atoms with Crippen LogP contribution in [0.1, 0.15) is 53.4 Å². The van der Waals surface area contributed by atoms with Crippen LogP contribution in [0.25, 0.3) is 0 Å². The van der Waals surface area contributed by atoms with Crippen molar-refractivity contribution in [2.24, 2.45) is 0 Å². The average molecular weight is 332 g/mol. The molecule has 22 heavy (non-hydrogen) atoms. The van der Waals surface area contributed by atoms with E-state index in [1.54, 1.807) is 18.9 Å². The molecule has 2 N–H and O–H groups in total. The van der Waals surface area contributed by atoms with E-state index < -0.39 is 17.2 Å². The van der Waals surface area contributed by atoms with E-state index in [1.807, 2.05) is 0 Å². The van der Waals surface area contributed by atoms with E-state index in [0.29, 0.717) is 6.42 Å². The zero-order valence-corrected chi connectivity index (χ0v) is 14.6. The molecule has 0 aliphatic heterocycles. The van der Waals surface area contributed by atoms with Gasteiger partial charge in [0.1, 0.15) is 11.7 Å². The number of carbonyl (C=O) groups is 1. The minimum atomic E-state index is -0.972. The Hall–Kier alpha value is -0.880. The second-order valence-corrected chi connectivity index (χ2v) is 8.55. The van der Waals surface area contributed by atoms with E-state index in [2.05, 4.69) is 30.8 Å². The first-order chi connectivity index (χ1) is 10.1. The quantitative estimate of drug-likeness (QED) is 0.543. The van der Waals surface area contributed by atoms with Crippen LogP contribution in [0.4, 0.5) is 8.78 Å². The summed E-state index contributed by atoms with van der Waals surface area (Å²) in [6.45, 7) is 8.84. The van der Waals surface area contributed by atoms with Crippen LogP contribution in [-0.2, 0) is 4.79 Å². The Morgan fingerprint density at radius 2 is 2.05 bits per heavy atom. The van der Waals surface area contributed by atoms with Gasteiger partial charge in [-0.15, -0.1) is 0 Å². The highest BCUT2D eigenvalue weighted by atomic mass is 32.2. The number of hydrogen-bond donors (Lipinski definition) is 2. The van der Waals surface area contributed by atoms with Crippen LogP contribution in [0.15, 0.2) is 23.8 Å². The van der Waals surface area contributed by atoms with Crippen molar-refractivity contribution in [3.63, 3.8) is 0 Å². The Bertz CT molecular complexity index is 458. The van der Waals surface area contributed by atoms with Crippen LogP contribution in [0.5, 0.6) is 0 Å². The highest BCUT2D eigenvalue weighted by Gasteiger charge is 2.29. The van der Waals surface area contributed by atoms with Crippen molar-refractivity contribution < 1.29 is 13.6 Å². The van der Waals surface area contributed by atoms with Crippen molar-refractivity contribution in [2.75, 3.05) is 6.54 Å². The van der Waals surface area contributed by atoms with Crippen LogP contribution in [0.2, 0.25) is 0 Å². The Labute approximate surface area is 136 Å². The summed E-state index contributed by atoms with van der Waals surface area (Å²) < 4.78 is 30.0. The summed E-state index contributed by atoms with van der Waals surface area (Å²) in [5.74, 6) is -1.37. The van der Waals surface area contributed by atoms with Gasteiger partial charge >= 0.3 is 0 Å². The Morgan fingerprint density at radius 1 is 1.36 bits per heavy atom. The van der Waals surface area contributed by atoms with Gasteiger partial charge in [0.25, 0.3) is 0 Å². The molecule has 0 radical (unpaired) electrons. The van der Waals surface area contributed by atoms with Crippen molar-refractivity contribution >= 4 is 17.9 Å². The smallest absolute Gasteiger partial charge is 0.220 e. The zero-order chi connectivity index (χ0) is 16.8. The first-order valence-electron chi connectivity index (χ1n) is 7.56. The third kappa shape index (κ3) is 7.94. The maximum absolute atomic E-state index is 13.3. The predicted octanol–water partition coefficient (Wildman–Crippen LogP) is 4.18. The lowest BCUT2D eigenvalue weighted by Crippen LogP contribution is -2.45. The fraction of sp³-hybridized carbons (Fsp3) is 0.688. The van der Waals surface area contributed by atoms with Crippen LogP contribution in [-0.4, -0.2) is 22.7 Å². The lowest BCUT2D eigenvalue weighted by atomic mass is 9.92. The van der Waals surface area contributed by atoms with Crippen molar-refractivity contribution in [1.82, 2.24) is 10.0 Å². The molecule has 0 aromatic rings. The van der Waals surface area contributed by atoms with Crippen molar-refractivity contribution in [3.05, 3.63) is 23.8 Å². The molecule has 126 valence electrons. The summed E-state index contributed by atoms with van der Waals surface area (Å²) in [7, 11) is 0.